The Morgan fingerprint density at radius 2 is 2.05 bits per heavy atom. The van der Waals surface area contributed by atoms with Crippen LogP contribution in [0.1, 0.15) is 37.8 Å². The summed E-state index contributed by atoms with van der Waals surface area (Å²) in [6.07, 6.45) is 3.53. The fraction of sp³-hybridized carbons (Fsp3) is 0.625. The molecule has 2 nitrogen and oxygen atoms in total. The van der Waals surface area contributed by atoms with Gasteiger partial charge in [0.2, 0.25) is 0 Å². The van der Waals surface area contributed by atoms with Crippen molar-refractivity contribution in [1.82, 2.24) is 10.2 Å². The molecule has 3 aliphatic heterocycles. The molecule has 3 saturated heterocycles. The summed E-state index contributed by atoms with van der Waals surface area (Å²) in [4.78, 5) is 2.53. The Labute approximate surface area is 115 Å². The van der Waals surface area contributed by atoms with Crippen LogP contribution in [0.3, 0.4) is 0 Å². The molecule has 3 heteroatoms. The van der Waals surface area contributed by atoms with Gasteiger partial charge in [-0.2, -0.15) is 0 Å². The topological polar surface area (TPSA) is 15.3 Å². The van der Waals surface area contributed by atoms with Crippen LogP contribution in [-0.4, -0.2) is 30.6 Å². The molecule has 0 amide bonds. The van der Waals surface area contributed by atoms with Crippen LogP contribution in [0, 0.1) is 11.7 Å². The van der Waals surface area contributed by atoms with Gasteiger partial charge in [0, 0.05) is 24.2 Å². The van der Waals surface area contributed by atoms with E-state index in [4.69, 9.17) is 0 Å². The fourth-order valence-electron chi connectivity index (χ4n) is 3.60. The summed E-state index contributed by atoms with van der Waals surface area (Å²) in [6, 6.07) is 7.85. The number of rotatable bonds is 4. The first-order valence-electron chi connectivity index (χ1n) is 7.50. The molecule has 19 heavy (non-hydrogen) atoms. The van der Waals surface area contributed by atoms with Gasteiger partial charge in [0.15, 0.2) is 0 Å². The van der Waals surface area contributed by atoms with Gasteiger partial charge in [0.1, 0.15) is 5.82 Å². The molecule has 3 aliphatic rings. The molecule has 0 aromatic heterocycles. The lowest BCUT2D eigenvalue weighted by molar-refractivity contribution is 0.0664. The Morgan fingerprint density at radius 1 is 1.32 bits per heavy atom. The third-order valence-electron chi connectivity index (χ3n) is 4.76. The quantitative estimate of drug-likeness (QED) is 0.897. The van der Waals surface area contributed by atoms with E-state index in [1.165, 1.54) is 25.9 Å². The van der Waals surface area contributed by atoms with E-state index >= 15 is 0 Å². The normalized spacial score (nSPS) is 31.4. The molecule has 2 unspecified atom stereocenters. The third-order valence-corrected chi connectivity index (χ3v) is 4.76. The zero-order valence-electron chi connectivity index (χ0n) is 11.6. The highest BCUT2D eigenvalue weighted by Gasteiger charge is 2.35. The van der Waals surface area contributed by atoms with Crippen molar-refractivity contribution in [3.8, 4) is 0 Å². The average Bonchev–Trinajstić information content (AvgIpc) is 2.47. The van der Waals surface area contributed by atoms with E-state index in [1.807, 2.05) is 12.1 Å². The molecule has 4 rings (SSSR count). The standard InChI is InChI=1S/C16H23FN2/c1-2-15(13-5-3-4-6-14(13)17)18-16-11-19-9-7-12(16)8-10-19/h3-6,12,15-16,18H,2,7-11H2,1H3. The smallest absolute Gasteiger partial charge is 0.127 e. The van der Waals surface area contributed by atoms with Crippen molar-refractivity contribution in [3.05, 3.63) is 35.6 Å². The zero-order valence-corrected chi connectivity index (χ0v) is 11.6. The summed E-state index contributed by atoms with van der Waals surface area (Å²) in [5.41, 5.74) is 0.821. The van der Waals surface area contributed by atoms with Gasteiger partial charge in [-0.3, -0.25) is 0 Å². The summed E-state index contributed by atoms with van der Waals surface area (Å²) >= 11 is 0. The van der Waals surface area contributed by atoms with Crippen molar-refractivity contribution >= 4 is 0 Å². The number of fused-ring (bicyclic) bond motifs is 3. The number of hydrogen-bond donors (Lipinski definition) is 1. The summed E-state index contributed by atoms with van der Waals surface area (Å²) in [5.74, 6) is 0.703. The van der Waals surface area contributed by atoms with Gasteiger partial charge in [-0.15, -0.1) is 0 Å². The van der Waals surface area contributed by atoms with Crippen LogP contribution in [0.4, 0.5) is 4.39 Å². The first-order chi connectivity index (χ1) is 9.28. The van der Waals surface area contributed by atoms with Crippen LogP contribution in [0.5, 0.6) is 0 Å². The van der Waals surface area contributed by atoms with E-state index in [0.717, 1.165) is 24.4 Å². The molecule has 2 bridgehead atoms. The van der Waals surface area contributed by atoms with Crippen LogP contribution >= 0.6 is 0 Å². The fourth-order valence-corrected chi connectivity index (χ4v) is 3.60. The Hall–Kier alpha value is -0.930. The first kappa shape index (κ1) is 13.1. The van der Waals surface area contributed by atoms with Gasteiger partial charge >= 0.3 is 0 Å². The average molecular weight is 262 g/mol. The number of nitrogens with zero attached hydrogens (tertiary/aromatic N) is 1. The second kappa shape index (κ2) is 5.59. The highest BCUT2D eigenvalue weighted by Crippen LogP contribution is 2.30. The highest BCUT2D eigenvalue weighted by molar-refractivity contribution is 5.21. The molecule has 0 saturated carbocycles. The van der Waals surface area contributed by atoms with E-state index in [9.17, 15) is 4.39 Å². The monoisotopic (exact) mass is 262 g/mol. The lowest BCUT2D eigenvalue weighted by atomic mass is 9.83. The SMILES string of the molecule is CCC(NC1CN2CCC1CC2)c1ccccc1F. The Morgan fingerprint density at radius 3 is 2.63 bits per heavy atom. The molecular weight excluding hydrogens is 239 g/mol. The maximum absolute atomic E-state index is 13.9. The molecule has 3 heterocycles. The van der Waals surface area contributed by atoms with E-state index in [-0.39, 0.29) is 11.9 Å². The molecular formula is C16H23FN2. The van der Waals surface area contributed by atoms with Gasteiger partial charge in [-0.25, -0.2) is 4.39 Å². The van der Waals surface area contributed by atoms with Gasteiger partial charge < -0.3 is 10.2 Å². The minimum Gasteiger partial charge on any atom is -0.306 e. The van der Waals surface area contributed by atoms with Crippen LogP contribution in [0.15, 0.2) is 24.3 Å². The Bertz CT molecular complexity index is 427. The van der Waals surface area contributed by atoms with Crippen molar-refractivity contribution in [3.63, 3.8) is 0 Å². The summed E-state index contributed by atoms with van der Waals surface area (Å²) in [5, 5.41) is 3.71. The van der Waals surface area contributed by atoms with Crippen molar-refractivity contribution in [1.29, 1.82) is 0 Å². The predicted molar refractivity (Wildman–Crippen MR) is 75.5 cm³/mol. The number of benzene rings is 1. The van der Waals surface area contributed by atoms with Crippen LogP contribution in [0.25, 0.3) is 0 Å². The molecule has 2 atom stereocenters. The number of piperidine rings is 3. The van der Waals surface area contributed by atoms with Gasteiger partial charge in [-0.05, 0) is 44.3 Å². The van der Waals surface area contributed by atoms with Crippen molar-refractivity contribution in [2.45, 2.75) is 38.3 Å². The summed E-state index contributed by atoms with van der Waals surface area (Å²) in [6.45, 7) is 5.76. The number of nitrogens with one attached hydrogen (secondary N) is 1. The van der Waals surface area contributed by atoms with Crippen LogP contribution in [0.2, 0.25) is 0 Å². The highest BCUT2D eigenvalue weighted by atomic mass is 19.1. The van der Waals surface area contributed by atoms with E-state index in [1.54, 1.807) is 12.1 Å². The number of hydrogen-bond acceptors (Lipinski definition) is 2. The maximum Gasteiger partial charge on any atom is 0.127 e. The second-order valence-corrected chi connectivity index (χ2v) is 5.89. The van der Waals surface area contributed by atoms with Gasteiger partial charge in [-0.1, -0.05) is 25.1 Å². The second-order valence-electron chi connectivity index (χ2n) is 5.89. The van der Waals surface area contributed by atoms with Crippen molar-refractivity contribution in [2.75, 3.05) is 19.6 Å². The third kappa shape index (κ3) is 2.67. The molecule has 104 valence electrons. The summed E-state index contributed by atoms with van der Waals surface area (Å²) in [7, 11) is 0. The van der Waals surface area contributed by atoms with E-state index < -0.39 is 0 Å². The largest absolute Gasteiger partial charge is 0.306 e. The lowest BCUT2D eigenvalue weighted by Gasteiger charge is -2.46. The first-order valence-corrected chi connectivity index (χ1v) is 7.50. The van der Waals surface area contributed by atoms with E-state index in [2.05, 4.69) is 17.1 Å². The zero-order chi connectivity index (χ0) is 13.2. The molecule has 1 aromatic rings. The van der Waals surface area contributed by atoms with Crippen molar-refractivity contribution < 1.29 is 4.39 Å². The van der Waals surface area contributed by atoms with E-state index in [0.29, 0.717) is 6.04 Å². The van der Waals surface area contributed by atoms with Gasteiger partial charge in [0.25, 0.3) is 0 Å². The maximum atomic E-state index is 13.9. The Balaban J connectivity index is 1.72. The Kier molecular flexibility index (Phi) is 3.85. The molecule has 1 N–H and O–H groups in total. The van der Waals surface area contributed by atoms with Gasteiger partial charge in [0.05, 0.1) is 0 Å². The minimum atomic E-state index is -0.0804. The molecule has 0 aliphatic carbocycles. The molecule has 0 radical (unpaired) electrons. The lowest BCUT2D eigenvalue weighted by Crippen LogP contribution is -2.56. The summed E-state index contributed by atoms with van der Waals surface area (Å²) < 4.78 is 13.9. The molecule has 0 spiro atoms. The van der Waals surface area contributed by atoms with Crippen molar-refractivity contribution in [2.24, 2.45) is 5.92 Å². The molecule has 1 aromatic carbocycles. The van der Waals surface area contributed by atoms with Crippen LogP contribution < -0.4 is 5.32 Å². The minimum absolute atomic E-state index is 0.0804. The van der Waals surface area contributed by atoms with Crippen LogP contribution in [-0.2, 0) is 0 Å². The predicted octanol–water partition coefficient (Wildman–Crippen LogP) is 2.96. The molecule has 3 fully saturated rings. The number of halogens is 1.